The van der Waals surface area contributed by atoms with Crippen LogP contribution in [0, 0.1) is 0 Å². The minimum Gasteiger partial charge on any atom is -0.497 e. The molecule has 1 aromatic heterocycles. The van der Waals surface area contributed by atoms with Crippen LogP contribution in [0.4, 0.5) is 0 Å². The molecule has 0 atom stereocenters. The van der Waals surface area contributed by atoms with E-state index in [0.717, 1.165) is 5.56 Å². The summed E-state index contributed by atoms with van der Waals surface area (Å²) in [5, 5.41) is 7.58. The molecule has 8 heteroatoms. The lowest BCUT2D eigenvalue weighted by molar-refractivity contribution is -0.116. The fourth-order valence-corrected chi connectivity index (χ4v) is 2.70. The van der Waals surface area contributed by atoms with Crippen molar-refractivity contribution < 1.29 is 14.1 Å². The predicted octanol–water partition coefficient (Wildman–Crippen LogP) is 4.38. The van der Waals surface area contributed by atoms with Gasteiger partial charge >= 0.3 is 0 Å². The summed E-state index contributed by atoms with van der Waals surface area (Å²) < 4.78 is 10.3. The Morgan fingerprint density at radius 1 is 1.26 bits per heavy atom. The molecule has 0 saturated carbocycles. The maximum absolute atomic E-state index is 12.0. The number of carbonyl (C=O) groups is 1. The van der Waals surface area contributed by atoms with E-state index in [-0.39, 0.29) is 12.5 Å². The van der Waals surface area contributed by atoms with Crippen LogP contribution in [0.1, 0.15) is 11.5 Å². The maximum Gasteiger partial charge on any atom is 0.246 e. The molecule has 0 bridgehead atoms. The highest BCUT2D eigenvalue weighted by Crippen LogP contribution is 2.22. The largest absolute Gasteiger partial charge is 0.497 e. The van der Waals surface area contributed by atoms with Gasteiger partial charge in [-0.05, 0) is 35.9 Å². The molecule has 3 aromatic rings. The third-order valence-electron chi connectivity index (χ3n) is 3.59. The van der Waals surface area contributed by atoms with Gasteiger partial charge in [-0.25, -0.2) is 0 Å². The summed E-state index contributed by atoms with van der Waals surface area (Å²) in [6, 6.07) is 12.3. The van der Waals surface area contributed by atoms with Gasteiger partial charge in [0, 0.05) is 21.7 Å². The van der Waals surface area contributed by atoms with Gasteiger partial charge in [-0.1, -0.05) is 46.6 Å². The van der Waals surface area contributed by atoms with Crippen LogP contribution in [0.2, 0.25) is 10.0 Å². The number of halogens is 2. The average Bonchev–Trinajstić information content (AvgIpc) is 3.15. The summed E-state index contributed by atoms with van der Waals surface area (Å²) in [5.41, 5.74) is 1.45. The molecule has 1 N–H and O–H groups in total. The zero-order valence-electron chi connectivity index (χ0n) is 14.3. The molecule has 0 aliphatic carbocycles. The van der Waals surface area contributed by atoms with E-state index < -0.39 is 0 Å². The highest BCUT2D eigenvalue weighted by atomic mass is 35.5. The van der Waals surface area contributed by atoms with Crippen LogP contribution in [0.3, 0.4) is 0 Å². The van der Waals surface area contributed by atoms with Crippen LogP contribution in [0.5, 0.6) is 5.75 Å². The monoisotopic (exact) mass is 403 g/mol. The number of methoxy groups -OCH3 is 1. The third kappa shape index (κ3) is 5.09. The molecule has 2 aromatic carbocycles. The van der Waals surface area contributed by atoms with Crippen LogP contribution < -0.4 is 10.1 Å². The number of rotatable bonds is 6. The first-order valence-corrected chi connectivity index (χ1v) is 8.69. The zero-order chi connectivity index (χ0) is 19.2. The molecule has 0 unspecified atom stereocenters. The summed E-state index contributed by atoms with van der Waals surface area (Å²) in [4.78, 5) is 16.2. The number of amides is 1. The number of hydrogen-bond donors (Lipinski definition) is 1. The molecule has 138 valence electrons. The van der Waals surface area contributed by atoms with Crippen molar-refractivity contribution in [2.75, 3.05) is 7.11 Å². The van der Waals surface area contributed by atoms with E-state index in [0.29, 0.717) is 33.1 Å². The van der Waals surface area contributed by atoms with Gasteiger partial charge in [-0.2, -0.15) is 4.98 Å². The first-order valence-electron chi connectivity index (χ1n) is 7.93. The first-order chi connectivity index (χ1) is 13.0. The lowest BCUT2D eigenvalue weighted by Gasteiger charge is -2.00. The van der Waals surface area contributed by atoms with Crippen molar-refractivity contribution in [3.05, 3.63) is 70.0 Å². The number of aromatic nitrogens is 2. The Balaban J connectivity index is 1.59. The van der Waals surface area contributed by atoms with E-state index in [4.69, 9.17) is 32.5 Å². The molecule has 3 rings (SSSR count). The average molecular weight is 404 g/mol. The second-order valence-electron chi connectivity index (χ2n) is 5.46. The summed E-state index contributed by atoms with van der Waals surface area (Å²) in [7, 11) is 1.58. The quantitative estimate of drug-likeness (QED) is 0.617. The fourth-order valence-electron chi connectivity index (χ4n) is 2.23. The Kier molecular flexibility index (Phi) is 6.11. The number of benzene rings is 2. The Bertz CT molecular complexity index is 986. The minimum absolute atomic E-state index is 0.106. The van der Waals surface area contributed by atoms with Crippen LogP contribution in [-0.4, -0.2) is 23.2 Å². The molecule has 0 spiro atoms. The van der Waals surface area contributed by atoms with Gasteiger partial charge in [0.05, 0.1) is 13.7 Å². The third-order valence-corrected chi connectivity index (χ3v) is 4.15. The number of carbonyl (C=O) groups excluding carboxylic acids is 1. The Labute approximate surface area is 165 Å². The zero-order valence-corrected chi connectivity index (χ0v) is 15.8. The van der Waals surface area contributed by atoms with E-state index in [1.807, 2.05) is 18.2 Å². The van der Waals surface area contributed by atoms with E-state index in [9.17, 15) is 4.79 Å². The minimum atomic E-state index is -0.317. The lowest BCUT2D eigenvalue weighted by atomic mass is 10.2. The smallest absolute Gasteiger partial charge is 0.246 e. The van der Waals surface area contributed by atoms with Gasteiger partial charge < -0.3 is 14.6 Å². The molecule has 0 saturated heterocycles. The second kappa shape index (κ2) is 8.70. The van der Waals surface area contributed by atoms with Gasteiger partial charge in [0.1, 0.15) is 5.75 Å². The topological polar surface area (TPSA) is 77.3 Å². The van der Waals surface area contributed by atoms with Crippen LogP contribution >= 0.6 is 23.2 Å². The molecule has 0 aliphatic heterocycles. The fraction of sp³-hybridized carbons (Fsp3) is 0.105. The van der Waals surface area contributed by atoms with Gasteiger partial charge in [-0.3, -0.25) is 4.79 Å². The SMILES string of the molecule is COc1cccc(-c2noc(CNC(=O)C=Cc3ccc(Cl)cc3Cl)n2)c1. The van der Waals surface area contributed by atoms with Crippen molar-refractivity contribution >= 4 is 35.2 Å². The van der Waals surface area contributed by atoms with Gasteiger partial charge in [-0.15, -0.1) is 0 Å². The highest BCUT2D eigenvalue weighted by molar-refractivity contribution is 6.35. The Morgan fingerprint density at radius 2 is 2.11 bits per heavy atom. The molecule has 1 amide bonds. The van der Waals surface area contributed by atoms with Crippen molar-refractivity contribution in [1.82, 2.24) is 15.5 Å². The van der Waals surface area contributed by atoms with Gasteiger partial charge in [0.15, 0.2) is 0 Å². The van der Waals surface area contributed by atoms with E-state index in [2.05, 4.69) is 15.5 Å². The van der Waals surface area contributed by atoms with Crippen molar-refractivity contribution in [3.8, 4) is 17.1 Å². The Morgan fingerprint density at radius 3 is 2.89 bits per heavy atom. The molecule has 0 aliphatic rings. The lowest BCUT2D eigenvalue weighted by Crippen LogP contribution is -2.20. The molecule has 27 heavy (non-hydrogen) atoms. The normalized spacial score (nSPS) is 10.9. The highest BCUT2D eigenvalue weighted by Gasteiger charge is 2.10. The van der Waals surface area contributed by atoms with Crippen molar-refractivity contribution in [2.45, 2.75) is 6.54 Å². The summed E-state index contributed by atoms with van der Waals surface area (Å²) >= 11 is 11.9. The molecular formula is C19H15Cl2N3O3. The number of ether oxygens (including phenoxy) is 1. The van der Waals surface area contributed by atoms with Crippen molar-refractivity contribution in [1.29, 1.82) is 0 Å². The van der Waals surface area contributed by atoms with Gasteiger partial charge in [0.2, 0.25) is 17.6 Å². The summed E-state index contributed by atoms with van der Waals surface area (Å²) in [6.07, 6.45) is 2.97. The van der Waals surface area contributed by atoms with Crippen molar-refractivity contribution in [3.63, 3.8) is 0 Å². The number of nitrogens with one attached hydrogen (secondary N) is 1. The second-order valence-corrected chi connectivity index (χ2v) is 6.30. The van der Waals surface area contributed by atoms with Crippen molar-refractivity contribution in [2.24, 2.45) is 0 Å². The predicted molar refractivity (Wildman–Crippen MR) is 104 cm³/mol. The molecule has 0 fully saturated rings. The van der Waals surface area contributed by atoms with Crippen LogP contribution in [0.25, 0.3) is 17.5 Å². The molecule has 1 heterocycles. The van der Waals surface area contributed by atoms with Crippen LogP contribution in [0.15, 0.2) is 53.1 Å². The standard InChI is InChI=1S/C19H15Cl2N3O3/c1-26-15-4-2-3-13(9-15)19-23-18(27-24-19)11-22-17(25)8-6-12-5-7-14(20)10-16(12)21/h2-10H,11H2,1H3,(H,22,25). The summed E-state index contributed by atoms with van der Waals surface area (Å²) in [5.74, 6) is 1.08. The molecular weight excluding hydrogens is 389 g/mol. The number of hydrogen-bond acceptors (Lipinski definition) is 5. The van der Waals surface area contributed by atoms with Gasteiger partial charge in [0.25, 0.3) is 0 Å². The Hall–Kier alpha value is -2.83. The maximum atomic E-state index is 12.0. The van der Waals surface area contributed by atoms with E-state index >= 15 is 0 Å². The molecule has 0 radical (unpaired) electrons. The first kappa shape index (κ1) is 18.9. The van der Waals surface area contributed by atoms with Crippen LogP contribution in [-0.2, 0) is 11.3 Å². The summed E-state index contributed by atoms with van der Waals surface area (Å²) in [6.45, 7) is 0.106. The van der Waals surface area contributed by atoms with E-state index in [1.165, 1.54) is 6.08 Å². The van der Waals surface area contributed by atoms with E-state index in [1.54, 1.807) is 37.5 Å². The number of nitrogens with zero attached hydrogens (tertiary/aromatic N) is 2. The molecule has 6 nitrogen and oxygen atoms in total.